The molecule has 1 fully saturated rings. The van der Waals surface area contributed by atoms with Gasteiger partial charge in [0.05, 0.1) is 0 Å². The quantitative estimate of drug-likeness (QED) is 0.917. The van der Waals surface area contributed by atoms with E-state index in [1.165, 1.54) is 12.8 Å². The fourth-order valence-electron chi connectivity index (χ4n) is 3.68. The van der Waals surface area contributed by atoms with Gasteiger partial charge >= 0.3 is 6.61 Å². The summed E-state index contributed by atoms with van der Waals surface area (Å²) in [6.45, 7) is 1.44. The number of anilines is 1. The lowest BCUT2D eigenvalue weighted by molar-refractivity contribution is -0.0499. The number of nitrogens with one attached hydrogen (secondary N) is 1. The first kappa shape index (κ1) is 14.6. The van der Waals surface area contributed by atoms with Crippen molar-refractivity contribution in [3.05, 3.63) is 23.8 Å². The molecule has 1 unspecified atom stereocenters. The number of hydrogen-bond acceptors (Lipinski definition) is 3. The summed E-state index contributed by atoms with van der Waals surface area (Å²) in [6, 6.07) is 5.79. The topological polar surface area (TPSA) is 24.5 Å². The number of nitrogens with zero attached hydrogens (tertiary/aromatic N) is 1. The average Bonchev–Trinajstić information content (AvgIpc) is 2.95. The largest absolute Gasteiger partial charge is 0.435 e. The second-order valence-corrected chi connectivity index (χ2v) is 6.48. The number of fused-ring (bicyclic) bond motifs is 1. The Morgan fingerprint density at radius 1 is 1.52 bits per heavy atom. The normalized spacial score (nSPS) is 28.7. The van der Waals surface area contributed by atoms with Crippen LogP contribution < -0.4 is 10.1 Å². The van der Waals surface area contributed by atoms with Gasteiger partial charge in [-0.15, -0.1) is 0 Å². The summed E-state index contributed by atoms with van der Waals surface area (Å²) < 4.78 is 29.4. The standard InChI is InChI=1S/C16H22F2N2O.H2/c1-16(9-11-4-3-7-20(11)2)10-19-14-6-5-12(8-13(14)16)21-15(17)18;/h5-6,8,11,15,19H,3-4,7,9-10H2,1-2H3;1H/t11-,16?;/m1./s1. The minimum atomic E-state index is -2.77. The lowest BCUT2D eigenvalue weighted by Gasteiger charge is -2.31. The molecule has 0 aromatic heterocycles. The molecule has 1 aromatic carbocycles. The van der Waals surface area contributed by atoms with Crippen molar-refractivity contribution in [3.63, 3.8) is 0 Å². The van der Waals surface area contributed by atoms with Gasteiger partial charge in [-0.2, -0.15) is 8.78 Å². The predicted molar refractivity (Wildman–Crippen MR) is 81.3 cm³/mol. The smallest absolute Gasteiger partial charge is 0.387 e. The summed E-state index contributed by atoms with van der Waals surface area (Å²) in [5.41, 5.74) is 2.11. The maximum atomic E-state index is 12.4. The Hall–Kier alpha value is -1.36. The van der Waals surface area contributed by atoms with Gasteiger partial charge in [0, 0.05) is 25.1 Å². The van der Waals surface area contributed by atoms with Crippen molar-refractivity contribution in [1.29, 1.82) is 0 Å². The van der Waals surface area contributed by atoms with E-state index in [0.717, 1.165) is 30.8 Å². The van der Waals surface area contributed by atoms with Crippen molar-refractivity contribution in [2.24, 2.45) is 0 Å². The zero-order valence-electron chi connectivity index (χ0n) is 12.5. The molecule has 3 rings (SSSR count). The van der Waals surface area contributed by atoms with E-state index in [4.69, 9.17) is 0 Å². The summed E-state index contributed by atoms with van der Waals surface area (Å²) in [6.07, 6.45) is 3.50. The zero-order chi connectivity index (χ0) is 15.0. The van der Waals surface area contributed by atoms with Crippen LogP contribution in [-0.4, -0.2) is 37.7 Å². The van der Waals surface area contributed by atoms with E-state index in [1.54, 1.807) is 12.1 Å². The minimum absolute atomic E-state index is 0. The fourth-order valence-corrected chi connectivity index (χ4v) is 3.68. The van der Waals surface area contributed by atoms with Crippen LogP contribution >= 0.6 is 0 Å². The van der Waals surface area contributed by atoms with Gasteiger partial charge in [-0.25, -0.2) is 0 Å². The molecule has 0 bridgehead atoms. The fraction of sp³-hybridized carbons (Fsp3) is 0.625. The van der Waals surface area contributed by atoms with Crippen LogP contribution in [0.25, 0.3) is 0 Å². The summed E-state index contributed by atoms with van der Waals surface area (Å²) >= 11 is 0. The molecule has 21 heavy (non-hydrogen) atoms. The van der Waals surface area contributed by atoms with Crippen molar-refractivity contribution < 1.29 is 14.9 Å². The van der Waals surface area contributed by atoms with Crippen LogP contribution in [0.4, 0.5) is 14.5 Å². The Morgan fingerprint density at radius 2 is 2.33 bits per heavy atom. The number of rotatable bonds is 4. The van der Waals surface area contributed by atoms with Crippen molar-refractivity contribution in [2.45, 2.75) is 44.3 Å². The Kier molecular flexibility index (Phi) is 3.78. The van der Waals surface area contributed by atoms with Gasteiger partial charge in [0.1, 0.15) is 5.75 Å². The van der Waals surface area contributed by atoms with Crippen LogP contribution in [0.5, 0.6) is 5.75 Å². The minimum Gasteiger partial charge on any atom is -0.435 e. The number of hydrogen-bond donors (Lipinski definition) is 1. The first-order chi connectivity index (χ1) is 9.98. The first-order valence-corrected chi connectivity index (χ1v) is 7.51. The maximum absolute atomic E-state index is 12.4. The van der Waals surface area contributed by atoms with Crippen LogP contribution in [0.1, 0.15) is 33.2 Å². The van der Waals surface area contributed by atoms with Crippen LogP contribution in [0.15, 0.2) is 18.2 Å². The molecule has 2 heterocycles. The highest BCUT2D eigenvalue weighted by Gasteiger charge is 2.38. The molecule has 0 saturated carbocycles. The van der Waals surface area contributed by atoms with E-state index in [9.17, 15) is 8.78 Å². The number of likely N-dealkylation sites (tertiary alicyclic amines) is 1. The SMILES string of the molecule is CN1CCC[C@@H]1CC1(C)CNc2ccc(OC(F)F)cc21.[HH]. The molecule has 1 saturated heterocycles. The van der Waals surface area contributed by atoms with Gasteiger partial charge in [-0.05, 0) is 56.6 Å². The molecule has 0 aliphatic carbocycles. The highest BCUT2D eigenvalue weighted by Crippen LogP contribution is 2.43. The number of halogens is 2. The van der Waals surface area contributed by atoms with Gasteiger partial charge in [0.25, 0.3) is 0 Å². The van der Waals surface area contributed by atoms with E-state index < -0.39 is 6.61 Å². The van der Waals surface area contributed by atoms with Crippen LogP contribution in [-0.2, 0) is 5.41 Å². The molecule has 2 atom stereocenters. The average molecular weight is 298 g/mol. The molecule has 1 aromatic rings. The highest BCUT2D eigenvalue weighted by molar-refractivity contribution is 5.62. The third kappa shape index (κ3) is 2.84. The molecule has 2 aliphatic heterocycles. The predicted octanol–water partition coefficient (Wildman–Crippen LogP) is 3.70. The van der Waals surface area contributed by atoms with Gasteiger partial charge in [0.2, 0.25) is 0 Å². The Bertz CT molecular complexity index is 529. The molecule has 3 nitrogen and oxygen atoms in total. The molecule has 0 amide bonds. The van der Waals surface area contributed by atoms with Gasteiger partial charge < -0.3 is 15.0 Å². The number of ether oxygens (including phenoxy) is 1. The van der Waals surface area contributed by atoms with E-state index >= 15 is 0 Å². The zero-order valence-corrected chi connectivity index (χ0v) is 12.5. The van der Waals surface area contributed by atoms with Gasteiger partial charge in [-0.1, -0.05) is 6.92 Å². The van der Waals surface area contributed by atoms with Gasteiger partial charge in [-0.3, -0.25) is 0 Å². The van der Waals surface area contributed by atoms with E-state index in [2.05, 4.69) is 28.9 Å². The molecular formula is C16H24F2N2O. The number of alkyl halides is 2. The Labute approximate surface area is 125 Å². The Balaban J connectivity index is 0.00000176. The van der Waals surface area contributed by atoms with Crippen molar-refractivity contribution in [3.8, 4) is 5.75 Å². The molecular weight excluding hydrogens is 274 g/mol. The van der Waals surface area contributed by atoms with Crippen LogP contribution in [0, 0.1) is 0 Å². The molecule has 118 valence electrons. The summed E-state index contributed by atoms with van der Waals surface area (Å²) in [4.78, 5) is 2.41. The highest BCUT2D eigenvalue weighted by atomic mass is 19.3. The van der Waals surface area contributed by atoms with Crippen molar-refractivity contribution in [2.75, 3.05) is 25.5 Å². The third-order valence-corrected chi connectivity index (χ3v) is 4.89. The molecule has 2 aliphatic rings. The molecule has 0 radical (unpaired) electrons. The van der Waals surface area contributed by atoms with Crippen LogP contribution in [0.3, 0.4) is 0 Å². The van der Waals surface area contributed by atoms with Crippen LogP contribution in [0.2, 0.25) is 0 Å². The second kappa shape index (κ2) is 5.44. The molecule has 1 N–H and O–H groups in total. The summed E-state index contributed by atoms with van der Waals surface area (Å²) in [7, 11) is 2.17. The lowest BCUT2D eigenvalue weighted by atomic mass is 9.78. The van der Waals surface area contributed by atoms with E-state index in [0.29, 0.717) is 6.04 Å². The first-order valence-electron chi connectivity index (χ1n) is 7.51. The summed E-state index contributed by atoms with van der Waals surface area (Å²) in [5.74, 6) is 0.249. The third-order valence-electron chi connectivity index (χ3n) is 4.89. The number of benzene rings is 1. The Morgan fingerprint density at radius 3 is 3.00 bits per heavy atom. The van der Waals surface area contributed by atoms with E-state index in [1.807, 2.05) is 6.07 Å². The van der Waals surface area contributed by atoms with Crippen molar-refractivity contribution in [1.82, 2.24) is 4.90 Å². The van der Waals surface area contributed by atoms with Crippen molar-refractivity contribution >= 4 is 5.69 Å². The molecule has 5 heteroatoms. The monoisotopic (exact) mass is 298 g/mol. The second-order valence-electron chi connectivity index (χ2n) is 6.48. The van der Waals surface area contributed by atoms with E-state index in [-0.39, 0.29) is 12.6 Å². The summed E-state index contributed by atoms with van der Waals surface area (Å²) in [5, 5.41) is 3.40. The lowest BCUT2D eigenvalue weighted by Crippen LogP contribution is -2.35. The molecule has 0 spiro atoms. The van der Waals surface area contributed by atoms with Gasteiger partial charge in [0.15, 0.2) is 0 Å². The maximum Gasteiger partial charge on any atom is 0.387 e.